The van der Waals surface area contributed by atoms with Crippen molar-refractivity contribution in [3.05, 3.63) is 33.3 Å². The number of halogens is 2. The molecule has 2 N–H and O–H groups in total. The van der Waals surface area contributed by atoms with Crippen LogP contribution >= 0.6 is 27.5 Å². The van der Waals surface area contributed by atoms with Crippen LogP contribution in [0.15, 0.2) is 22.7 Å². The monoisotopic (exact) mass is 287 g/mol. The molecule has 1 aliphatic rings. The lowest BCUT2D eigenvalue weighted by atomic mass is 9.77. The molecule has 0 amide bonds. The number of rotatable bonds is 1. The van der Waals surface area contributed by atoms with E-state index < -0.39 is 0 Å². The Balaban J connectivity index is 2.38. The summed E-state index contributed by atoms with van der Waals surface area (Å²) in [6.07, 6.45) is 5.80. The summed E-state index contributed by atoms with van der Waals surface area (Å²) in [7, 11) is 0. The van der Waals surface area contributed by atoms with Gasteiger partial charge in [-0.25, -0.2) is 0 Å². The van der Waals surface area contributed by atoms with Gasteiger partial charge in [-0.15, -0.1) is 0 Å². The molecule has 0 saturated heterocycles. The fourth-order valence-electron chi connectivity index (χ4n) is 2.33. The minimum atomic E-state index is -0.209. The lowest BCUT2D eigenvalue weighted by molar-refractivity contribution is 0.302. The highest BCUT2D eigenvalue weighted by atomic mass is 79.9. The van der Waals surface area contributed by atoms with Gasteiger partial charge in [0.2, 0.25) is 0 Å². The third kappa shape index (κ3) is 2.38. The Morgan fingerprint density at radius 3 is 2.53 bits per heavy atom. The Kier molecular flexibility index (Phi) is 3.39. The van der Waals surface area contributed by atoms with E-state index >= 15 is 0 Å². The lowest BCUT2D eigenvalue weighted by Gasteiger charge is -2.34. The van der Waals surface area contributed by atoms with Gasteiger partial charge < -0.3 is 5.73 Å². The summed E-state index contributed by atoms with van der Waals surface area (Å²) in [5, 5.41) is 0.794. The van der Waals surface area contributed by atoms with Crippen LogP contribution in [0.2, 0.25) is 5.02 Å². The molecule has 0 bridgehead atoms. The molecule has 0 aromatic heterocycles. The van der Waals surface area contributed by atoms with Crippen LogP contribution in [0.5, 0.6) is 0 Å². The van der Waals surface area contributed by atoms with Gasteiger partial charge in [-0.05, 0) is 36.6 Å². The van der Waals surface area contributed by atoms with Crippen molar-refractivity contribution in [3.8, 4) is 0 Å². The van der Waals surface area contributed by atoms with Crippen LogP contribution in [0.1, 0.15) is 37.7 Å². The molecule has 3 heteroatoms. The summed E-state index contributed by atoms with van der Waals surface area (Å²) < 4.78 is 1.05. The second-order valence-electron chi connectivity index (χ2n) is 4.34. The summed E-state index contributed by atoms with van der Waals surface area (Å²) in [5.74, 6) is 0. The zero-order chi connectivity index (χ0) is 10.9. The number of benzene rings is 1. The van der Waals surface area contributed by atoms with E-state index in [0.29, 0.717) is 0 Å². The number of nitrogens with two attached hydrogens (primary N) is 1. The lowest BCUT2D eigenvalue weighted by Crippen LogP contribution is -2.38. The van der Waals surface area contributed by atoms with Crippen molar-refractivity contribution in [1.29, 1.82) is 0 Å². The van der Waals surface area contributed by atoms with E-state index in [2.05, 4.69) is 22.0 Å². The van der Waals surface area contributed by atoms with E-state index in [1.165, 1.54) is 19.3 Å². The van der Waals surface area contributed by atoms with Gasteiger partial charge in [0.15, 0.2) is 0 Å². The molecule has 2 rings (SSSR count). The Bertz CT molecular complexity index is 359. The molecule has 0 atom stereocenters. The van der Waals surface area contributed by atoms with Crippen molar-refractivity contribution in [1.82, 2.24) is 0 Å². The van der Waals surface area contributed by atoms with Crippen LogP contribution in [0.25, 0.3) is 0 Å². The molecule has 0 spiro atoms. The van der Waals surface area contributed by atoms with Gasteiger partial charge in [0.05, 0.1) is 0 Å². The molecule has 1 aromatic rings. The maximum Gasteiger partial charge on any atom is 0.0457 e. The summed E-state index contributed by atoms with van der Waals surface area (Å²) in [6.45, 7) is 0. The normalized spacial score (nSPS) is 20.2. The fraction of sp³-hybridized carbons (Fsp3) is 0.500. The molecule has 0 radical (unpaired) electrons. The van der Waals surface area contributed by atoms with Crippen molar-refractivity contribution >= 4 is 27.5 Å². The summed E-state index contributed by atoms with van der Waals surface area (Å²) in [6, 6.07) is 5.94. The average molecular weight is 289 g/mol. The molecule has 0 heterocycles. The molecule has 15 heavy (non-hydrogen) atoms. The van der Waals surface area contributed by atoms with Crippen LogP contribution in [0.4, 0.5) is 0 Å². The second kappa shape index (κ2) is 4.44. The largest absolute Gasteiger partial charge is 0.321 e. The Morgan fingerprint density at radius 1 is 1.20 bits per heavy atom. The van der Waals surface area contributed by atoms with E-state index in [0.717, 1.165) is 27.9 Å². The van der Waals surface area contributed by atoms with Crippen LogP contribution in [-0.4, -0.2) is 0 Å². The third-order valence-corrected chi connectivity index (χ3v) is 4.03. The van der Waals surface area contributed by atoms with Gasteiger partial charge in [0.25, 0.3) is 0 Å². The van der Waals surface area contributed by atoms with Crippen LogP contribution in [0.3, 0.4) is 0 Å². The van der Waals surface area contributed by atoms with Gasteiger partial charge >= 0.3 is 0 Å². The molecular weight excluding hydrogens is 273 g/mol. The maximum atomic E-state index is 6.44. The molecule has 1 aliphatic carbocycles. The zero-order valence-electron chi connectivity index (χ0n) is 8.60. The Hall–Kier alpha value is -0.0500. The molecule has 0 unspecified atom stereocenters. The van der Waals surface area contributed by atoms with Gasteiger partial charge in [-0.1, -0.05) is 46.8 Å². The first kappa shape index (κ1) is 11.4. The van der Waals surface area contributed by atoms with Crippen molar-refractivity contribution in [2.45, 2.75) is 37.6 Å². The van der Waals surface area contributed by atoms with Crippen molar-refractivity contribution in [3.63, 3.8) is 0 Å². The molecule has 1 nitrogen and oxygen atoms in total. The van der Waals surface area contributed by atoms with Gasteiger partial charge in [0.1, 0.15) is 0 Å². The van der Waals surface area contributed by atoms with E-state index in [1.807, 2.05) is 12.1 Å². The average Bonchev–Trinajstić information content (AvgIpc) is 2.23. The topological polar surface area (TPSA) is 26.0 Å². The zero-order valence-corrected chi connectivity index (χ0v) is 10.9. The van der Waals surface area contributed by atoms with E-state index in [4.69, 9.17) is 17.3 Å². The molecule has 1 saturated carbocycles. The number of hydrogen-bond donors (Lipinski definition) is 1. The predicted molar refractivity (Wildman–Crippen MR) is 68.1 cm³/mol. The highest BCUT2D eigenvalue weighted by Gasteiger charge is 2.31. The SMILES string of the molecule is NC1(c2cc(Br)ccc2Cl)CCCCC1. The van der Waals surface area contributed by atoms with Crippen molar-refractivity contribution in [2.24, 2.45) is 5.73 Å². The van der Waals surface area contributed by atoms with E-state index in [-0.39, 0.29) is 5.54 Å². The highest BCUT2D eigenvalue weighted by molar-refractivity contribution is 9.10. The summed E-state index contributed by atoms with van der Waals surface area (Å²) >= 11 is 9.69. The predicted octanol–water partition coefficient (Wildman–Crippen LogP) is 4.22. The molecule has 1 fully saturated rings. The minimum absolute atomic E-state index is 0.209. The number of hydrogen-bond acceptors (Lipinski definition) is 1. The summed E-state index contributed by atoms with van der Waals surface area (Å²) in [4.78, 5) is 0. The molecule has 1 aromatic carbocycles. The maximum absolute atomic E-state index is 6.44. The van der Waals surface area contributed by atoms with Crippen LogP contribution < -0.4 is 5.73 Å². The van der Waals surface area contributed by atoms with Crippen molar-refractivity contribution in [2.75, 3.05) is 0 Å². The van der Waals surface area contributed by atoms with Gasteiger partial charge in [0, 0.05) is 15.0 Å². The summed E-state index contributed by atoms with van der Waals surface area (Å²) in [5.41, 5.74) is 7.33. The quantitative estimate of drug-likeness (QED) is 0.822. The van der Waals surface area contributed by atoms with Gasteiger partial charge in [-0.3, -0.25) is 0 Å². The first-order chi connectivity index (χ1) is 7.12. The molecular formula is C12H15BrClN. The highest BCUT2D eigenvalue weighted by Crippen LogP contribution is 2.39. The standard InChI is InChI=1S/C12H15BrClN/c13-9-4-5-11(14)10(8-9)12(15)6-2-1-3-7-12/h4-5,8H,1-3,6-7,15H2. The Labute approximate surface area is 104 Å². The molecule has 82 valence electrons. The third-order valence-electron chi connectivity index (χ3n) is 3.21. The minimum Gasteiger partial charge on any atom is -0.321 e. The fourth-order valence-corrected chi connectivity index (χ4v) is 3.00. The van der Waals surface area contributed by atoms with Crippen LogP contribution in [-0.2, 0) is 5.54 Å². The van der Waals surface area contributed by atoms with Crippen LogP contribution in [0, 0.1) is 0 Å². The molecule has 0 aliphatic heterocycles. The van der Waals surface area contributed by atoms with Gasteiger partial charge in [-0.2, -0.15) is 0 Å². The van der Waals surface area contributed by atoms with Crippen molar-refractivity contribution < 1.29 is 0 Å². The first-order valence-electron chi connectivity index (χ1n) is 5.36. The first-order valence-corrected chi connectivity index (χ1v) is 6.53. The van der Waals surface area contributed by atoms with E-state index in [9.17, 15) is 0 Å². The van der Waals surface area contributed by atoms with E-state index in [1.54, 1.807) is 0 Å². The Morgan fingerprint density at radius 2 is 1.87 bits per heavy atom. The smallest absolute Gasteiger partial charge is 0.0457 e. The second-order valence-corrected chi connectivity index (χ2v) is 5.66.